The first-order valence-electron chi connectivity index (χ1n) is 10.3. The van der Waals surface area contributed by atoms with Gasteiger partial charge in [0.1, 0.15) is 5.75 Å². The number of anilines is 1. The molecule has 1 fully saturated rings. The number of hydrogen-bond donors (Lipinski definition) is 2. The van der Waals surface area contributed by atoms with Gasteiger partial charge in [0, 0.05) is 37.3 Å². The second-order valence-corrected chi connectivity index (χ2v) is 7.83. The van der Waals surface area contributed by atoms with Crippen LogP contribution in [0, 0.1) is 0 Å². The van der Waals surface area contributed by atoms with Crippen molar-refractivity contribution in [3.8, 4) is 17.1 Å². The van der Waals surface area contributed by atoms with Crippen LogP contribution in [0.3, 0.4) is 0 Å². The van der Waals surface area contributed by atoms with E-state index in [9.17, 15) is 4.79 Å². The molecule has 1 saturated heterocycles. The number of likely N-dealkylation sites (tertiary alicyclic amines) is 1. The highest BCUT2D eigenvalue weighted by Gasteiger charge is 2.34. The summed E-state index contributed by atoms with van der Waals surface area (Å²) in [7, 11) is 3.72. The first kappa shape index (κ1) is 21.0. The van der Waals surface area contributed by atoms with Crippen molar-refractivity contribution >= 4 is 11.6 Å². The van der Waals surface area contributed by atoms with Gasteiger partial charge < -0.3 is 19.9 Å². The molecule has 1 aromatic heterocycles. The van der Waals surface area contributed by atoms with Crippen molar-refractivity contribution < 1.29 is 14.1 Å². The van der Waals surface area contributed by atoms with E-state index in [1.165, 1.54) is 12.5 Å². The molecule has 1 amide bonds. The highest BCUT2D eigenvalue weighted by Crippen LogP contribution is 2.31. The minimum atomic E-state index is -0.0675. The number of benzene rings is 2. The molecule has 1 aliphatic rings. The number of amides is 1. The second-order valence-electron chi connectivity index (χ2n) is 7.83. The fraction of sp³-hybridized carbons (Fsp3) is 0.348. The maximum Gasteiger partial charge on any atom is 0.244 e. The number of rotatable bonds is 7. The highest BCUT2D eigenvalue weighted by atomic mass is 16.5. The lowest BCUT2D eigenvalue weighted by Gasteiger charge is -2.14. The van der Waals surface area contributed by atoms with E-state index in [1.807, 2.05) is 48.5 Å². The van der Waals surface area contributed by atoms with E-state index in [1.54, 1.807) is 7.11 Å². The lowest BCUT2D eigenvalue weighted by molar-refractivity contribution is -0.114. The molecular formula is C23H27N5O3. The molecule has 8 nitrogen and oxygen atoms in total. The molecule has 1 aliphatic heterocycles. The van der Waals surface area contributed by atoms with Crippen molar-refractivity contribution in [1.82, 2.24) is 20.4 Å². The van der Waals surface area contributed by atoms with Crippen molar-refractivity contribution in [2.45, 2.75) is 32.0 Å². The molecule has 2 aromatic carbocycles. The van der Waals surface area contributed by atoms with Crippen LogP contribution in [0.1, 0.15) is 30.8 Å². The van der Waals surface area contributed by atoms with Crippen LogP contribution >= 0.6 is 0 Å². The van der Waals surface area contributed by atoms with Crippen LogP contribution in [0.15, 0.2) is 53.1 Å². The summed E-state index contributed by atoms with van der Waals surface area (Å²) in [4.78, 5) is 18.0. The normalized spacial score (nSPS) is 18.8. The van der Waals surface area contributed by atoms with Gasteiger partial charge in [0.15, 0.2) is 0 Å². The zero-order valence-electron chi connectivity index (χ0n) is 18.0. The van der Waals surface area contributed by atoms with E-state index in [0.717, 1.165) is 36.5 Å². The van der Waals surface area contributed by atoms with Crippen LogP contribution in [0.4, 0.5) is 5.69 Å². The number of ether oxygens (including phenoxy) is 1. The molecule has 0 saturated carbocycles. The number of methoxy groups -OCH3 is 1. The summed E-state index contributed by atoms with van der Waals surface area (Å²) in [6.45, 7) is 3.16. The van der Waals surface area contributed by atoms with Crippen molar-refractivity contribution in [2.24, 2.45) is 0 Å². The molecular weight excluding hydrogens is 394 g/mol. The Labute approximate surface area is 181 Å². The van der Waals surface area contributed by atoms with Gasteiger partial charge in [0.2, 0.25) is 17.6 Å². The number of likely N-dealkylation sites (N-methyl/N-ethyl adjacent to an activating group) is 1. The Morgan fingerprint density at radius 2 is 1.94 bits per heavy atom. The third-order valence-corrected chi connectivity index (χ3v) is 5.49. The molecule has 162 valence electrons. The summed E-state index contributed by atoms with van der Waals surface area (Å²) >= 11 is 0. The first-order chi connectivity index (χ1) is 15.0. The van der Waals surface area contributed by atoms with Crippen molar-refractivity contribution in [1.29, 1.82) is 0 Å². The number of aromatic nitrogens is 2. The number of nitrogens with zero attached hydrogens (tertiary/aromatic N) is 3. The fourth-order valence-electron chi connectivity index (χ4n) is 3.84. The fourth-order valence-corrected chi connectivity index (χ4v) is 3.84. The van der Waals surface area contributed by atoms with Crippen LogP contribution < -0.4 is 15.4 Å². The molecule has 2 N–H and O–H groups in total. The molecule has 0 bridgehead atoms. The minimum Gasteiger partial charge on any atom is -0.497 e. The third-order valence-electron chi connectivity index (χ3n) is 5.49. The van der Waals surface area contributed by atoms with Crippen molar-refractivity contribution in [3.63, 3.8) is 0 Å². The summed E-state index contributed by atoms with van der Waals surface area (Å²) in [5.41, 5.74) is 2.87. The van der Waals surface area contributed by atoms with Crippen LogP contribution in [0.25, 0.3) is 11.4 Å². The Balaban J connectivity index is 1.34. The van der Waals surface area contributed by atoms with Gasteiger partial charge in [-0.25, -0.2) is 0 Å². The van der Waals surface area contributed by atoms with Gasteiger partial charge in [-0.3, -0.25) is 9.69 Å². The molecule has 0 spiro atoms. The molecule has 0 aliphatic carbocycles. The summed E-state index contributed by atoms with van der Waals surface area (Å²) in [6, 6.07) is 15.9. The molecule has 4 rings (SSSR count). The van der Waals surface area contributed by atoms with Gasteiger partial charge in [-0.05, 0) is 55.4 Å². The van der Waals surface area contributed by atoms with Gasteiger partial charge >= 0.3 is 0 Å². The summed E-state index contributed by atoms with van der Waals surface area (Å²) in [5.74, 6) is 1.95. The minimum absolute atomic E-state index is 0.0675. The van der Waals surface area contributed by atoms with Crippen LogP contribution in [-0.4, -0.2) is 47.7 Å². The van der Waals surface area contributed by atoms with Gasteiger partial charge in [0.25, 0.3) is 0 Å². The maximum absolute atomic E-state index is 11.1. The summed E-state index contributed by atoms with van der Waals surface area (Å²) < 4.78 is 10.8. The highest BCUT2D eigenvalue weighted by molar-refractivity contribution is 5.88. The molecule has 3 aromatic rings. The Morgan fingerprint density at radius 3 is 2.61 bits per heavy atom. The van der Waals surface area contributed by atoms with Crippen LogP contribution in [0.2, 0.25) is 0 Å². The van der Waals surface area contributed by atoms with E-state index in [-0.39, 0.29) is 11.9 Å². The number of hydrogen-bond acceptors (Lipinski definition) is 7. The van der Waals surface area contributed by atoms with E-state index < -0.39 is 0 Å². The van der Waals surface area contributed by atoms with Gasteiger partial charge in [-0.1, -0.05) is 17.3 Å². The van der Waals surface area contributed by atoms with Crippen molar-refractivity contribution in [2.75, 3.05) is 26.0 Å². The lowest BCUT2D eigenvalue weighted by Crippen LogP contribution is -2.30. The average molecular weight is 422 g/mol. The van der Waals surface area contributed by atoms with E-state index in [4.69, 9.17) is 9.26 Å². The number of carbonyl (C=O) groups is 1. The Kier molecular flexibility index (Phi) is 6.29. The lowest BCUT2D eigenvalue weighted by atomic mass is 10.1. The monoisotopic (exact) mass is 421 g/mol. The molecule has 8 heteroatoms. The predicted octanol–water partition coefficient (Wildman–Crippen LogP) is 3.24. The molecule has 31 heavy (non-hydrogen) atoms. The summed E-state index contributed by atoms with van der Waals surface area (Å²) in [5, 5.41) is 10.6. The quantitative estimate of drug-likeness (QED) is 0.605. The summed E-state index contributed by atoms with van der Waals surface area (Å²) in [6.07, 6.45) is 0.894. The SMILES string of the molecule is COc1ccc(-c2noc([C@@H]3C[C@@H](NCc4ccc(NC(C)=O)cc4)CN3C)n2)cc1. The standard InChI is InChI=1S/C23H27N5O3/c1-15(29)25-18-8-4-16(5-9-18)13-24-19-12-21(28(2)14-19)23-26-22(27-31-23)17-6-10-20(30-3)11-7-17/h4-11,19,21,24H,12-14H2,1-3H3,(H,25,29)/t19-,21+/m1/s1. The third kappa shape index (κ3) is 5.10. The second kappa shape index (κ2) is 9.28. The maximum atomic E-state index is 11.1. The van der Waals surface area contributed by atoms with E-state index >= 15 is 0 Å². The number of nitrogens with one attached hydrogen (secondary N) is 2. The predicted molar refractivity (Wildman–Crippen MR) is 118 cm³/mol. The zero-order valence-corrected chi connectivity index (χ0v) is 18.0. The van der Waals surface area contributed by atoms with Gasteiger partial charge in [-0.15, -0.1) is 0 Å². The van der Waals surface area contributed by atoms with E-state index in [2.05, 4.69) is 32.7 Å². The largest absolute Gasteiger partial charge is 0.497 e. The Hall–Kier alpha value is -3.23. The molecule has 0 radical (unpaired) electrons. The molecule has 2 atom stereocenters. The first-order valence-corrected chi connectivity index (χ1v) is 10.3. The Morgan fingerprint density at radius 1 is 1.19 bits per heavy atom. The topological polar surface area (TPSA) is 92.5 Å². The smallest absolute Gasteiger partial charge is 0.244 e. The Bertz CT molecular complexity index is 1020. The van der Waals surface area contributed by atoms with Gasteiger partial charge in [0.05, 0.1) is 13.2 Å². The van der Waals surface area contributed by atoms with Crippen molar-refractivity contribution in [3.05, 3.63) is 60.0 Å². The van der Waals surface area contributed by atoms with Gasteiger partial charge in [-0.2, -0.15) is 4.98 Å². The zero-order chi connectivity index (χ0) is 21.8. The van der Waals surface area contributed by atoms with E-state index in [0.29, 0.717) is 17.8 Å². The van der Waals surface area contributed by atoms with Crippen LogP contribution in [-0.2, 0) is 11.3 Å². The van der Waals surface area contributed by atoms with Crippen LogP contribution in [0.5, 0.6) is 5.75 Å². The molecule has 2 heterocycles. The molecule has 0 unspecified atom stereocenters. The average Bonchev–Trinajstić information content (AvgIpc) is 3.39. The number of carbonyl (C=O) groups excluding carboxylic acids is 1.